The number of likely N-dealkylation sites (tertiary alicyclic amines) is 1. The van der Waals surface area contributed by atoms with E-state index in [1.165, 1.54) is 10.6 Å². The second-order valence-corrected chi connectivity index (χ2v) is 6.52. The van der Waals surface area contributed by atoms with Crippen LogP contribution in [0.3, 0.4) is 0 Å². The lowest BCUT2D eigenvalue weighted by Gasteiger charge is -2.40. The largest absolute Gasteiger partial charge is 0.368 e. The Morgan fingerprint density at radius 1 is 1.50 bits per heavy atom. The number of fused-ring (bicyclic) bond motifs is 3. The molecule has 2 aliphatic rings. The highest BCUT2D eigenvalue weighted by atomic mass is 32.1. The molecule has 0 amide bonds. The van der Waals surface area contributed by atoms with E-state index in [0.29, 0.717) is 12.6 Å². The first-order chi connectivity index (χ1) is 9.81. The maximum absolute atomic E-state index is 5.99. The number of aryl methyl sites for hydroxylation is 1. The van der Waals surface area contributed by atoms with Gasteiger partial charge in [0.05, 0.1) is 41.8 Å². The van der Waals surface area contributed by atoms with Gasteiger partial charge in [0.1, 0.15) is 0 Å². The number of hydrogen-bond donors (Lipinski definition) is 0. The fraction of sp³-hybridized carbons (Fsp3) is 0.615. The van der Waals surface area contributed by atoms with Crippen molar-refractivity contribution >= 4 is 11.3 Å². The van der Waals surface area contributed by atoms with Crippen LogP contribution in [0.2, 0.25) is 0 Å². The maximum atomic E-state index is 5.99. The molecule has 0 unspecified atom stereocenters. The minimum Gasteiger partial charge on any atom is -0.368 e. The zero-order valence-electron chi connectivity index (χ0n) is 11.4. The Morgan fingerprint density at radius 2 is 2.45 bits per heavy atom. The van der Waals surface area contributed by atoms with E-state index in [1.807, 2.05) is 5.51 Å². The van der Waals surface area contributed by atoms with Gasteiger partial charge in [-0.2, -0.15) is 0 Å². The minimum absolute atomic E-state index is 0.219. The third-order valence-corrected chi connectivity index (χ3v) is 5.03. The second kappa shape index (κ2) is 4.91. The van der Waals surface area contributed by atoms with Gasteiger partial charge in [-0.25, -0.2) is 9.67 Å². The van der Waals surface area contributed by atoms with Gasteiger partial charge in [0.2, 0.25) is 0 Å². The molecular formula is C13H17N5OS. The molecule has 4 heterocycles. The smallest absolute Gasteiger partial charge is 0.0932 e. The first-order valence-electron chi connectivity index (χ1n) is 6.93. The Balaban J connectivity index is 1.48. The Labute approximate surface area is 121 Å². The van der Waals surface area contributed by atoms with Crippen LogP contribution in [0.4, 0.5) is 0 Å². The molecule has 2 aromatic heterocycles. The lowest BCUT2D eigenvalue weighted by atomic mass is 10.00. The van der Waals surface area contributed by atoms with Crippen LogP contribution < -0.4 is 0 Å². The topological polar surface area (TPSA) is 56.1 Å². The van der Waals surface area contributed by atoms with E-state index in [1.54, 1.807) is 17.5 Å². The van der Waals surface area contributed by atoms with E-state index in [4.69, 9.17) is 4.74 Å². The molecule has 0 radical (unpaired) electrons. The number of hydrogen-bond acceptors (Lipinski definition) is 6. The molecule has 2 aliphatic heterocycles. The fourth-order valence-corrected chi connectivity index (χ4v) is 3.68. The minimum atomic E-state index is 0.219. The monoisotopic (exact) mass is 291 g/mol. The normalized spacial score (nSPS) is 26.2. The molecule has 1 fully saturated rings. The van der Waals surface area contributed by atoms with Crippen molar-refractivity contribution in [2.24, 2.45) is 0 Å². The highest BCUT2D eigenvalue weighted by molar-refractivity contribution is 7.09. The summed E-state index contributed by atoms with van der Waals surface area (Å²) < 4.78 is 8.04. The van der Waals surface area contributed by atoms with E-state index < -0.39 is 0 Å². The average molecular weight is 291 g/mol. The number of thiazole rings is 1. The molecule has 0 bridgehead atoms. The van der Waals surface area contributed by atoms with Crippen LogP contribution in [-0.4, -0.2) is 44.1 Å². The number of rotatable bonds is 2. The van der Waals surface area contributed by atoms with E-state index in [0.717, 1.165) is 31.7 Å². The van der Waals surface area contributed by atoms with Crippen molar-refractivity contribution < 1.29 is 4.74 Å². The zero-order valence-corrected chi connectivity index (χ0v) is 12.2. The molecule has 106 valence electrons. The van der Waals surface area contributed by atoms with Gasteiger partial charge in [0.15, 0.2) is 0 Å². The quantitative estimate of drug-likeness (QED) is 0.837. The van der Waals surface area contributed by atoms with Crippen molar-refractivity contribution in [3.05, 3.63) is 28.0 Å². The molecule has 20 heavy (non-hydrogen) atoms. The predicted molar refractivity (Wildman–Crippen MR) is 74.4 cm³/mol. The van der Waals surface area contributed by atoms with Gasteiger partial charge in [0, 0.05) is 24.5 Å². The molecule has 6 nitrogen and oxygen atoms in total. The molecular weight excluding hydrogens is 274 g/mol. The summed E-state index contributed by atoms with van der Waals surface area (Å²) in [7, 11) is 0. The number of ether oxygens (including phenoxy) is 1. The summed E-state index contributed by atoms with van der Waals surface area (Å²) >= 11 is 1.72. The van der Waals surface area contributed by atoms with Gasteiger partial charge in [-0.1, -0.05) is 5.21 Å². The molecule has 1 saturated heterocycles. The molecule has 4 rings (SSSR count). The summed E-state index contributed by atoms with van der Waals surface area (Å²) in [6, 6.07) is 0.342. The Morgan fingerprint density at radius 3 is 3.30 bits per heavy atom. The van der Waals surface area contributed by atoms with Crippen LogP contribution in [0.5, 0.6) is 0 Å². The van der Waals surface area contributed by atoms with Crippen LogP contribution in [-0.2, 0) is 17.9 Å². The Kier molecular flexibility index (Phi) is 3.05. The van der Waals surface area contributed by atoms with Gasteiger partial charge in [-0.3, -0.25) is 4.90 Å². The lowest BCUT2D eigenvalue weighted by Crippen LogP contribution is -2.48. The molecule has 0 saturated carbocycles. The predicted octanol–water partition coefficient (Wildman–Crippen LogP) is 1.39. The molecule has 7 heteroatoms. The number of nitrogens with zero attached hydrogens (tertiary/aromatic N) is 5. The van der Waals surface area contributed by atoms with Crippen molar-refractivity contribution in [1.82, 2.24) is 24.9 Å². The Bertz CT molecular complexity index is 609. The average Bonchev–Trinajstić information content (AvgIpc) is 3.08. The fourth-order valence-electron chi connectivity index (χ4n) is 3.09. The van der Waals surface area contributed by atoms with Crippen molar-refractivity contribution in [1.29, 1.82) is 0 Å². The number of aromatic nitrogens is 4. The summed E-state index contributed by atoms with van der Waals surface area (Å²) in [5.41, 5.74) is 4.22. The van der Waals surface area contributed by atoms with Gasteiger partial charge in [-0.05, 0) is 13.3 Å². The van der Waals surface area contributed by atoms with Gasteiger partial charge < -0.3 is 4.74 Å². The molecule has 0 aromatic carbocycles. The molecule has 2 atom stereocenters. The van der Waals surface area contributed by atoms with Gasteiger partial charge in [0.25, 0.3) is 0 Å². The third-order valence-electron chi connectivity index (χ3n) is 4.23. The molecule has 0 aliphatic carbocycles. The van der Waals surface area contributed by atoms with Crippen LogP contribution in [0.15, 0.2) is 11.7 Å². The lowest BCUT2D eigenvalue weighted by molar-refractivity contribution is -0.0706. The second-order valence-electron chi connectivity index (χ2n) is 5.47. The first kappa shape index (κ1) is 12.4. The van der Waals surface area contributed by atoms with Gasteiger partial charge >= 0.3 is 0 Å². The van der Waals surface area contributed by atoms with Crippen LogP contribution in [0, 0.1) is 6.92 Å². The molecule has 0 N–H and O–H groups in total. The first-order valence-corrected chi connectivity index (χ1v) is 7.81. The van der Waals surface area contributed by atoms with Crippen molar-refractivity contribution in [3.63, 3.8) is 0 Å². The summed E-state index contributed by atoms with van der Waals surface area (Å²) in [6.07, 6.45) is 3.09. The van der Waals surface area contributed by atoms with Crippen molar-refractivity contribution in [3.8, 4) is 0 Å². The van der Waals surface area contributed by atoms with E-state index in [2.05, 4.69) is 31.8 Å². The van der Waals surface area contributed by atoms with E-state index in [9.17, 15) is 0 Å². The van der Waals surface area contributed by atoms with Crippen molar-refractivity contribution in [2.45, 2.75) is 38.6 Å². The molecule has 2 aromatic rings. The van der Waals surface area contributed by atoms with Gasteiger partial charge in [-0.15, -0.1) is 16.4 Å². The van der Waals surface area contributed by atoms with E-state index >= 15 is 0 Å². The van der Waals surface area contributed by atoms with Crippen LogP contribution in [0.1, 0.15) is 28.7 Å². The highest BCUT2D eigenvalue weighted by Crippen LogP contribution is 2.31. The van der Waals surface area contributed by atoms with Crippen LogP contribution >= 0.6 is 11.3 Å². The van der Waals surface area contributed by atoms with E-state index in [-0.39, 0.29) is 6.10 Å². The summed E-state index contributed by atoms with van der Waals surface area (Å²) in [5.74, 6) is 0. The highest BCUT2D eigenvalue weighted by Gasteiger charge is 2.36. The molecule has 0 spiro atoms. The maximum Gasteiger partial charge on any atom is 0.0932 e. The van der Waals surface area contributed by atoms with Crippen LogP contribution in [0.25, 0.3) is 0 Å². The summed E-state index contributed by atoms with van der Waals surface area (Å²) in [4.78, 5) is 8.20. The third kappa shape index (κ3) is 2.06. The summed E-state index contributed by atoms with van der Waals surface area (Å²) in [5, 5.41) is 8.21. The van der Waals surface area contributed by atoms with Crippen molar-refractivity contribution in [2.75, 3.05) is 13.1 Å². The number of piperidine rings is 1. The Hall–Kier alpha value is -1.31. The summed E-state index contributed by atoms with van der Waals surface area (Å²) in [6.45, 7) is 5.68. The SMILES string of the molecule is Cc1scnc1CN1CC[C@H]2[C@H](C1)OCc1cnnn12. The zero-order chi connectivity index (χ0) is 13.5. The standard InChI is InChI=1S/C13H17N5OS/c1-9-11(14-8-20-9)5-17-3-2-12-13(6-17)19-7-10-4-15-16-18(10)12/h4,8,12-13H,2-3,5-7H2,1H3/t12-,13-/m0/s1.